The quantitative estimate of drug-likeness (QED) is 0.698. The Morgan fingerprint density at radius 3 is 2.44 bits per heavy atom. The van der Waals surface area contributed by atoms with Crippen LogP contribution in [0.5, 0.6) is 5.75 Å². The minimum absolute atomic E-state index is 0.244. The van der Waals surface area contributed by atoms with Crippen molar-refractivity contribution >= 4 is 17.3 Å². The van der Waals surface area contributed by atoms with Gasteiger partial charge in [-0.05, 0) is 60.5 Å². The molecule has 27 heavy (non-hydrogen) atoms. The second-order valence-corrected chi connectivity index (χ2v) is 6.11. The van der Waals surface area contributed by atoms with Crippen molar-refractivity contribution in [1.29, 1.82) is 0 Å². The second kappa shape index (κ2) is 8.80. The van der Waals surface area contributed by atoms with Crippen molar-refractivity contribution in [3.05, 3.63) is 78.4 Å². The van der Waals surface area contributed by atoms with Crippen LogP contribution in [0.15, 0.2) is 67.1 Å². The molecule has 2 aromatic heterocycles. The van der Waals surface area contributed by atoms with Gasteiger partial charge in [-0.1, -0.05) is 0 Å². The summed E-state index contributed by atoms with van der Waals surface area (Å²) in [4.78, 5) is 22.8. The molecule has 0 aliphatic rings. The molecule has 0 saturated carbocycles. The fourth-order valence-corrected chi connectivity index (χ4v) is 2.59. The number of benzene rings is 1. The van der Waals surface area contributed by atoms with E-state index < -0.39 is 0 Å². The number of hydrogen-bond acceptors (Lipinski definition) is 5. The van der Waals surface area contributed by atoms with Crippen LogP contribution in [0.4, 0.5) is 11.4 Å². The number of amides is 1. The summed E-state index contributed by atoms with van der Waals surface area (Å²) in [5.74, 6) is 0.497. The van der Waals surface area contributed by atoms with E-state index in [1.165, 1.54) is 5.56 Å². The zero-order valence-electron chi connectivity index (χ0n) is 15.4. The van der Waals surface area contributed by atoms with Crippen molar-refractivity contribution in [3.63, 3.8) is 0 Å². The average molecular weight is 362 g/mol. The highest BCUT2D eigenvalue weighted by molar-refractivity contribution is 6.02. The number of anilines is 2. The standard InChI is InChI=1S/C21H22N4O2/c1-25(14-11-16-9-12-22-13-10-16)18-5-8-20(23-15-18)21(26)24-17-3-6-19(27-2)7-4-17/h3-10,12-13,15H,11,14H2,1-2H3,(H,24,26). The number of rotatable bonds is 7. The molecule has 1 N–H and O–H groups in total. The van der Waals surface area contributed by atoms with Gasteiger partial charge in [0.05, 0.1) is 19.0 Å². The fourth-order valence-electron chi connectivity index (χ4n) is 2.59. The molecule has 0 aliphatic carbocycles. The van der Waals surface area contributed by atoms with Crippen LogP contribution in [0.2, 0.25) is 0 Å². The monoisotopic (exact) mass is 362 g/mol. The summed E-state index contributed by atoms with van der Waals surface area (Å²) in [6.45, 7) is 0.850. The first-order valence-electron chi connectivity index (χ1n) is 8.67. The molecule has 0 fully saturated rings. The highest BCUT2D eigenvalue weighted by atomic mass is 16.5. The zero-order chi connectivity index (χ0) is 19.1. The van der Waals surface area contributed by atoms with Crippen molar-refractivity contribution in [2.24, 2.45) is 0 Å². The van der Waals surface area contributed by atoms with Gasteiger partial charge >= 0.3 is 0 Å². The maximum atomic E-state index is 12.3. The Bertz CT molecular complexity index is 865. The molecule has 1 amide bonds. The Morgan fingerprint density at radius 1 is 1.07 bits per heavy atom. The number of methoxy groups -OCH3 is 1. The number of aromatic nitrogens is 2. The van der Waals surface area contributed by atoms with E-state index in [0.717, 1.165) is 24.4 Å². The lowest BCUT2D eigenvalue weighted by Gasteiger charge is -2.19. The number of hydrogen-bond donors (Lipinski definition) is 1. The van der Waals surface area contributed by atoms with Crippen LogP contribution >= 0.6 is 0 Å². The zero-order valence-corrected chi connectivity index (χ0v) is 15.4. The number of nitrogens with zero attached hydrogens (tertiary/aromatic N) is 3. The van der Waals surface area contributed by atoms with Crippen LogP contribution in [-0.4, -0.2) is 36.6 Å². The number of carbonyl (C=O) groups excluding carboxylic acids is 1. The summed E-state index contributed by atoms with van der Waals surface area (Å²) in [6.07, 6.45) is 6.23. The lowest BCUT2D eigenvalue weighted by atomic mass is 10.2. The van der Waals surface area contributed by atoms with Gasteiger partial charge in [-0.2, -0.15) is 0 Å². The molecule has 3 aromatic rings. The van der Waals surface area contributed by atoms with Crippen LogP contribution in [0.25, 0.3) is 0 Å². The number of likely N-dealkylation sites (N-methyl/N-ethyl adjacent to an activating group) is 1. The molecule has 0 atom stereocenters. The molecule has 0 radical (unpaired) electrons. The third-order valence-electron chi connectivity index (χ3n) is 4.25. The molecular weight excluding hydrogens is 340 g/mol. The average Bonchev–Trinajstić information content (AvgIpc) is 2.73. The highest BCUT2D eigenvalue weighted by Crippen LogP contribution is 2.17. The molecule has 0 aliphatic heterocycles. The van der Waals surface area contributed by atoms with Gasteiger partial charge in [-0.15, -0.1) is 0 Å². The van der Waals surface area contributed by atoms with Gasteiger partial charge in [0.1, 0.15) is 11.4 Å². The van der Waals surface area contributed by atoms with Crippen LogP contribution in [-0.2, 0) is 6.42 Å². The third-order valence-corrected chi connectivity index (χ3v) is 4.25. The summed E-state index contributed by atoms with van der Waals surface area (Å²) in [7, 11) is 3.61. The molecule has 1 aromatic carbocycles. The molecular formula is C21H22N4O2. The fraction of sp³-hybridized carbons (Fsp3) is 0.190. The lowest BCUT2D eigenvalue weighted by molar-refractivity contribution is 0.102. The maximum Gasteiger partial charge on any atom is 0.274 e. The van der Waals surface area contributed by atoms with Crippen molar-refractivity contribution in [3.8, 4) is 5.75 Å². The highest BCUT2D eigenvalue weighted by Gasteiger charge is 2.09. The molecule has 0 unspecified atom stereocenters. The first kappa shape index (κ1) is 18.4. The first-order chi connectivity index (χ1) is 13.2. The van der Waals surface area contributed by atoms with E-state index >= 15 is 0 Å². The van der Waals surface area contributed by atoms with Crippen molar-refractivity contribution in [2.45, 2.75) is 6.42 Å². The second-order valence-electron chi connectivity index (χ2n) is 6.11. The SMILES string of the molecule is COc1ccc(NC(=O)c2ccc(N(C)CCc3ccncc3)cn2)cc1. The first-order valence-corrected chi connectivity index (χ1v) is 8.67. The number of ether oxygens (including phenoxy) is 1. The predicted molar refractivity (Wildman–Crippen MR) is 106 cm³/mol. The Balaban J connectivity index is 1.57. The summed E-state index contributed by atoms with van der Waals surface area (Å²) < 4.78 is 5.11. The molecule has 6 heteroatoms. The minimum atomic E-state index is -0.244. The maximum absolute atomic E-state index is 12.3. The predicted octanol–water partition coefficient (Wildman–Crippen LogP) is 3.42. The summed E-state index contributed by atoms with van der Waals surface area (Å²) in [5, 5.41) is 2.83. The van der Waals surface area contributed by atoms with E-state index in [-0.39, 0.29) is 5.91 Å². The van der Waals surface area contributed by atoms with Gasteiger partial charge in [-0.3, -0.25) is 9.78 Å². The van der Waals surface area contributed by atoms with Crippen molar-refractivity contribution in [2.75, 3.05) is 30.9 Å². The van der Waals surface area contributed by atoms with Gasteiger partial charge in [-0.25, -0.2) is 4.98 Å². The van der Waals surface area contributed by atoms with Gasteiger partial charge in [0, 0.05) is 31.7 Å². The molecule has 0 bridgehead atoms. The molecule has 3 rings (SSSR count). The smallest absolute Gasteiger partial charge is 0.274 e. The summed E-state index contributed by atoms with van der Waals surface area (Å²) in [5.41, 5.74) is 3.27. The number of nitrogens with one attached hydrogen (secondary N) is 1. The molecule has 0 saturated heterocycles. The Labute approximate surface area is 158 Å². The van der Waals surface area contributed by atoms with Gasteiger partial charge in [0.2, 0.25) is 0 Å². The van der Waals surface area contributed by atoms with E-state index in [4.69, 9.17) is 4.74 Å². The summed E-state index contributed by atoms with van der Waals surface area (Å²) in [6, 6.07) is 14.8. The minimum Gasteiger partial charge on any atom is -0.497 e. The molecule has 6 nitrogen and oxygen atoms in total. The van der Waals surface area contributed by atoms with E-state index in [2.05, 4.69) is 20.2 Å². The number of carbonyl (C=O) groups is 1. The topological polar surface area (TPSA) is 67.3 Å². The largest absolute Gasteiger partial charge is 0.497 e. The van der Waals surface area contributed by atoms with Gasteiger partial charge in [0.25, 0.3) is 5.91 Å². The molecule has 138 valence electrons. The molecule has 2 heterocycles. The van der Waals surface area contributed by atoms with Crippen LogP contribution in [0.3, 0.4) is 0 Å². The van der Waals surface area contributed by atoms with Crippen LogP contribution in [0.1, 0.15) is 16.1 Å². The lowest BCUT2D eigenvalue weighted by Crippen LogP contribution is -2.21. The van der Waals surface area contributed by atoms with Crippen molar-refractivity contribution in [1.82, 2.24) is 9.97 Å². The van der Waals surface area contributed by atoms with Crippen molar-refractivity contribution < 1.29 is 9.53 Å². The molecule has 0 spiro atoms. The normalized spacial score (nSPS) is 10.3. The number of pyridine rings is 2. The van der Waals surface area contributed by atoms with Gasteiger partial charge in [0.15, 0.2) is 0 Å². The van der Waals surface area contributed by atoms with Crippen LogP contribution < -0.4 is 15.0 Å². The van der Waals surface area contributed by atoms with E-state index in [1.807, 2.05) is 25.2 Å². The Kier molecular flexibility index (Phi) is 5.99. The van der Waals surface area contributed by atoms with E-state index in [1.54, 1.807) is 56.0 Å². The van der Waals surface area contributed by atoms with Gasteiger partial charge < -0.3 is 15.0 Å². The van der Waals surface area contributed by atoms with E-state index in [9.17, 15) is 4.79 Å². The Morgan fingerprint density at radius 2 is 1.81 bits per heavy atom. The third kappa shape index (κ3) is 5.04. The van der Waals surface area contributed by atoms with Crippen LogP contribution in [0, 0.1) is 0 Å². The van der Waals surface area contributed by atoms with E-state index in [0.29, 0.717) is 11.4 Å². The Hall–Kier alpha value is -3.41. The summed E-state index contributed by atoms with van der Waals surface area (Å²) >= 11 is 0.